The Hall–Kier alpha value is -2.48. The summed E-state index contributed by atoms with van der Waals surface area (Å²) in [4.78, 5) is 22.7. The number of hydrogen-bond donors (Lipinski definition) is 1. The Bertz CT molecular complexity index is 1100. The predicted octanol–water partition coefficient (Wildman–Crippen LogP) is 5.36. The van der Waals surface area contributed by atoms with E-state index in [4.69, 9.17) is 0 Å². The summed E-state index contributed by atoms with van der Waals surface area (Å²) in [6.07, 6.45) is 9.55. The van der Waals surface area contributed by atoms with Gasteiger partial charge in [-0.05, 0) is 71.7 Å². The van der Waals surface area contributed by atoms with E-state index < -0.39 is 0 Å². The van der Waals surface area contributed by atoms with E-state index >= 15 is 0 Å². The molecule has 0 spiro atoms. The van der Waals surface area contributed by atoms with Crippen molar-refractivity contribution in [3.63, 3.8) is 0 Å². The number of piperidine rings is 1. The molecule has 1 fully saturated rings. The van der Waals surface area contributed by atoms with Crippen LogP contribution < -0.4 is 5.32 Å². The van der Waals surface area contributed by atoms with Crippen LogP contribution in [0.25, 0.3) is 28.2 Å². The van der Waals surface area contributed by atoms with E-state index in [0.717, 1.165) is 53.8 Å². The SMILES string of the molecule is C/C=C\c1ccc(-c2cc(NC3CCN(C(C)=O)CC3)cc3nccnc23)cc1I. The molecule has 154 valence electrons. The molecule has 0 saturated carbocycles. The first kappa shape index (κ1) is 20.8. The summed E-state index contributed by atoms with van der Waals surface area (Å²) in [5.41, 5.74) is 6.26. The van der Waals surface area contributed by atoms with Crippen LogP contribution in [0, 0.1) is 3.57 Å². The maximum absolute atomic E-state index is 11.6. The third kappa shape index (κ3) is 4.48. The van der Waals surface area contributed by atoms with Gasteiger partial charge >= 0.3 is 0 Å². The van der Waals surface area contributed by atoms with Crippen LogP contribution in [0.15, 0.2) is 48.8 Å². The fraction of sp³-hybridized carbons (Fsp3) is 0.292. The Morgan fingerprint density at radius 1 is 1.17 bits per heavy atom. The zero-order valence-corrected chi connectivity index (χ0v) is 19.4. The molecule has 1 aliphatic heterocycles. The number of allylic oxidation sites excluding steroid dienone is 1. The Labute approximate surface area is 190 Å². The molecule has 1 saturated heterocycles. The van der Waals surface area contributed by atoms with Crippen molar-refractivity contribution in [2.75, 3.05) is 18.4 Å². The molecule has 2 heterocycles. The number of nitrogens with zero attached hydrogens (tertiary/aromatic N) is 3. The second-order valence-corrected chi connectivity index (χ2v) is 8.77. The molecule has 1 aliphatic rings. The van der Waals surface area contributed by atoms with E-state index in [0.29, 0.717) is 6.04 Å². The van der Waals surface area contributed by atoms with Crippen molar-refractivity contribution in [3.05, 3.63) is 57.9 Å². The number of carbonyl (C=O) groups is 1. The minimum Gasteiger partial charge on any atom is -0.382 e. The van der Waals surface area contributed by atoms with Gasteiger partial charge in [0, 0.05) is 53.3 Å². The number of benzene rings is 2. The molecule has 0 radical (unpaired) electrons. The molecule has 0 bridgehead atoms. The van der Waals surface area contributed by atoms with E-state index in [9.17, 15) is 4.79 Å². The zero-order valence-electron chi connectivity index (χ0n) is 17.2. The van der Waals surface area contributed by atoms with Gasteiger partial charge in [0.15, 0.2) is 0 Å². The van der Waals surface area contributed by atoms with Crippen LogP contribution in [0.4, 0.5) is 5.69 Å². The summed E-state index contributed by atoms with van der Waals surface area (Å²) in [5, 5.41) is 3.67. The first-order valence-electron chi connectivity index (χ1n) is 10.2. The van der Waals surface area contributed by atoms with Crippen LogP contribution in [0.2, 0.25) is 0 Å². The summed E-state index contributed by atoms with van der Waals surface area (Å²) in [5.74, 6) is 0.160. The lowest BCUT2D eigenvalue weighted by atomic mass is 10.00. The molecule has 6 heteroatoms. The third-order valence-electron chi connectivity index (χ3n) is 5.54. The standard InChI is InChI=1S/C24H25IN4O/c1-3-4-17-5-6-18(13-22(17)25)21-14-20(15-23-24(21)27-10-9-26-23)28-19-7-11-29(12-8-19)16(2)30/h3-6,9-10,13-15,19,28H,7-8,11-12H2,1-2H3/b4-3-. The molecular formula is C24H25IN4O. The van der Waals surface area contributed by atoms with Crippen molar-refractivity contribution in [2.45, 2.75) is 32.7 Å². The van der Waals surface area contributed by atoms with Gasteiger partial charge in [0.05, 0.1) is 11.0 Å². The highest BCUT2D eigenvalue weighted by Gasteiger charge is 2.21. The van der Waals surface area contributed by atoms with Crippen molar-refractivity contribution in [1.29, 1.82) is 0 Å². The minimum absolute atomic E-state index is 0.160. The number of hydrogen-bond acceptors (Lipinski definition) is 4. The number of nitrogens with one attached hydrogen (secondary N) is 1. The summed E-state index contributed by atoms with van der Waals surface area (Å²) >= 11 is 2.39. The first-order valence-corrected chi connectivity index (χ1v) is 11.3. The summed E-state index contributed by atoms with van der Waals surface area (Å²) in [6, 6.07) is 11.1. The molecule has 30 heavy (non-hydrogen) atoms. The van der Waals surface area contributed by atoms with Crippen molar-refractivity contribution < 1.29 is 4.79 Å². The number of carbonyl (C=O) groups excluding carboxylic acids is 1. The van der Waals surface area contributed by atoms with Gasteiger partial charge in [-0.3, -0.25) is 14.8 Å². The number of amides is 1. The second-order valence-electron chi connectivity index (χ2n) is 7.61. The highest BCUT2D eigenvalue weighted by Crippen LogP contribution is 2.32. The molecule has 0 unspecified atom stereocenters. The molecule has 0 atom stereocenters. The molecule has 0 aliphatic carbocycles. The molecule has 1 aromatic heterocycles. The number of aromatic nitrogens is 2. The first-order chi connectivity index (χ1) is 14.5. The number of anilines is 1. The van der Waals surface area contributed by atoms with Gasteiger partial charge in [0.1, 0.15) is 0 Å². The molecule has 2 aromatic carbocycles. The average molecular weight is 512 g/mol. The lowest BCUT2D eigenvalue weighted by molar-refractivity contribution is -0.129. The van der Waals surface area contributed by atoms with Crippen LogP contribution in [0.5, 0.6) is 0 Å². The summed E-state index contributed by atoms with van der Waals surface area (Å²) < 4.78 is 1.20. The number of halogens is 1. The second kappa shape index (κ2) is 9.12. The van der Waals surface area contributed by atoms with Gasteiger partial charge in [-0.25, -0.2) is 0 Å². The summed E-state index contributed by atoms with van der Waals surface area (Å²) in [6.45, 7) is 5.28. The van der Waals surface area contributed by atoms with Gasteiger partial charge < -0.3 is 10.2 Å². The molecular weight excluding hydrogens is 487 g/mol. The quantitative estimate of drug-likeness (QED) is 0.479. The molecule has 4 rings (SSSR count). The van der Waals surface area contributed by atoms with Gasteiger partial charge in [-0.2, -0.15) is 0 Å². The van der Waals surface area contributed by atoms with E-state index in [1.807, 2.05) is 11.8 Å². The van der Waals surface area contributed by atoms with Crippen LogP contribution >= 0.6 is 22.6 Å². The topological polar surface area (TPSA) is 58.1 Å². The van der Waals surface area contributed by atoms with Gasteiger partial charge in [-0.1, -0.05) is 24.3 Å². The number of fused-ring (bicyclic) bond motifs is 1. The Morgan fingerprint density at radius 2 is 1.93 bits per heavy atom. The monoisotopic (exact) mass is 512 g/mol. The maximum Gasteiger partial charge on any atom is 0.219 e. The maximum atomic E-state index is 11.6. The van der Waals surface area contributed by atoms with E-state index in [-0.39, 0.29) is 5.91 Å². The van der Waals surface area contributed by atoms with Gasteiger partial charge in [0.2, 0.25) is 5.91 Å². The van der Waals surface area contributed by atoms with E-state index in [1.54, 1.807) is 19.3 Å². The number of likely N-dealkylation sites (tertiary alicyclic amines) is 1. The normalized spacial score (nSPS) is 15.1. The van der Waals surface area contributed by atoms with Crippen molar-refractivity contribution in [1.82, 2.24) is 14.9 Å². The van der Waals surface area contributed by atoms with Gasteiger partial charge in [0.25, 0.3) is 0 Å². The van der Waals surface area contributed by atoms with Crippen molar-refractivity contribution >= 4 is 51.3 Å². The van der Waals surface area contributed by atoms with E-state index in [2.05, 4.69) is 80.4 Å². The smallest absolute Gasteiger partial charge is 0.219 e. The molecule has 3 aromatic rings. The van der Waals surface area contributed by atoms with Crippen molar-refractivity contribution in [3.8, 4) is 11.1 Å². The lowest BCUT2D eigenvalue weighted by Gasteiger charge is -2.32. The van der Waals surface area contributed by atoms with Crippen LogP contribution in [0.1, 0.15) is 32.3 Å². The Kier molecular flexibility index (Phi) is 6.32. The summed E-state index contributed by atoms with van der Waals surface area (Å²) in [7, 11) is 0. The third-order valence-corrected chi connectivity index (χ3v) is 6.48. The number of rotatable bonds is 4. The van der Waals surface area contributed by atoms with Crippen LogP contribution in [-0.4, -0.2) is 39.9 Å². The molecule has 1 N–H and O–H groups in total. The van der Waals surface area contributed by atoms with Crippen LogP contribution in [-0.2, 0) is 4.79 Å². The Balaban J connectivity index is 1.67. The molecule has 1 amide bonds. The molecule has 5 nitrogen and oxygen atoms in total. The zero-order chi connectivity index (χ0) is 21.1. The van der Waals surface area contributed by atoms with Crippen molar-refractivity contribution in [2.24, 2.45) is 0 Å². The predicted molar refractivity (Wildman–Crippen MR) is 131 cm³/mol. The fourth-order valence-electron chi connectivity index (χ4n) is 3.96. The fourth-order valence-corrected chi connectivity index (χ4v) is 4.66. The lowest BCUT2D eigenvalue weighted by Crippen LogP contribution is -2.41. The average Bonchev–Trinajstić information content (AvgIpc) is 2.75. The highest BCUT2D eigenvalue weighted by molar-refractivity contribution is 14.1. The van der Waals surface area contributed by atoms with E-state index in [1.165, 1.54) is 9.13 Å². The largest absolute Gasteiger partial charge is 0.382 e. The van der Waals surface area contributed by atoms with Crippen LogP contribution in [0.3, 0.4) is 0 Å². The Morgan fingerprint density at radius 3 is 2.63 bits per heavy atom. The van der Waals surface area contributed by atoms with Gasteiger partial charge in [-0.15, -0.1) is 0 Å². The highest BCUT2D eigenvalue weighted by atomic mass is 127. The minimum atomic E-state index is 0.160.